The van der Waals surface area contributed by atoms with E-state index in [2.05, 4.69) is 15.4 Å². The molecule has 6 nitrogen and oxygen atoms in total. The van der Waals surface area contributed by atoms with Crippen molar-refractivity contribution in [2.24, 2.45) is 0 Å². The number of aryl methyl sites for hydroxylation is 1. The van der Waals surface area contributed by atoms with Gasteiger partial charge in [0.1, 0.15) is 6.33 Å². The maximum absolute atomic E-state index is 12.2. The number of amides is 1. The molecule has 0 aliphatic carbocycles. The molecule has 0 fully saturated rings. The van der Waals surface area contributed by atoms with Gasteiger partial charge in [-0.15, -0.1) is 5.10 Å². The van der Waals surface area contributed by atoms with Crippen molar-refractivity contribution in [3.05, 3.63) is 77.9 Å². The highest BCUT2D eigenvalue weighted by Gasteiger charge is 2.14. The smallest absolute Gasteiger partial charge is 0.295 e. The Morgan fingerprint density at radius 2 is 2.00 bits per heavy atom. The minimum atomic E-state index is -0.708. The first kappa shape index (κ1) is 15.9. The average Bonchev–Trinajstić information content (AvgIpc) is 3.04. The van der Waals surface area contributed by atoms with Gasteiger partial charge in [-0.25, -0.2) is 9.67 Å². The van der Waals surface area contributed by atoms with Crippen molar-refractivity contribution in [3.63, 3.8) is 0 Å². The standard InChI is InChI=1S/C18H18N4O2/c1-13-6-5-9-15(10-13)20-18(24)17-19-12-22(21-17)11-16(23)14-7-3-2-4-8-14/h2-10,12,16,23H,11H2,1H3,(H,20,24)/t16-/m1/s1. The van der Waals surface area contributed by atoms with Gasteiger partial charge < -0.3 is 10.4 Å². The van der Waals surface area contributed by atoms with E-state index in [0.29, 0.717) is 5.69 Å². The highest BCUT2D eigenvalue weighted by molar-refractivity contribution is 6.01. The molecule has 0 spiro atoms. The molecule has 0 aliphatic heterocycles. The maximum atomic E-state index is 12.2. The first-order valence-electron chi connectivity index (χ1n) is 7.62. The number of carbonyl (C=O) groups is 1. The molecule has 0 aliphatic rings. The van der Waals surface area contributed by atoms with E-state index in [1.807, 2.05) is 55.5 Å². The van der Waals surface area contributed by atoms with Crippen molar-refractivity contribution in [1.82, 2.24) is 14.8 Å². The summed E-state index contributed by atoms with van der Waals surface area (Å²) in [7, 11) is 0. The molecule has 1 aromatic heterocycles. The molecule has 2 N–H and O–H groups in total. The normalized spacial score (nSPS) is 11.9. The largest absolute Gasteiger partial charge is 0.386 e. The lowest BCUT2D eigenvalue weighted by atomic mass is 10.1. The molecule has 2 aromatic carbocycles. The van der Waals surface area contributed by atoms with Gasteiger partial charge in [-0.3, -0.25) is 4.79 Å². The molecule has 24 heavy (non-hydrogen) atoms. The number of nitrogens with zero attached hydrogens (tertiary/aromatic N) is 3. The molecule has 3 aromatic rings. The number of aliphatic hydroxyl groups is 1. The number of aliphatic hydroxyl groups excluding tert-OH is 1. The van der Waals surface area contributed by atoms with E-state index in [9.17, 15) is 9.90 Å². The van der Waals surface area contributed by atoms with Crippen molar-refractivity contribution in [2.75, 3.05) is 5.32 Å². The summed E-state index contributed by atoms with van der Waals surface area (Å²) in [5.41, 5.74) is 2.54. The van der Waals surface area contributed by atoms with Crippen molar-refractivity contribution in [1.29, 1.82) is 0 Å². The number of rotatable bonds is 5. The van der Waals surface area contributed by atoms with Gasteiger partial charge in [-0.1, -0.05) is 42.5 Å². The Kier molecular flexibility index (Phi) is 4.67. The van der Waals surface area contributed by atoms with Gasteiger partial charge in [-0.2, -0.15) is 0 Å². The Balaban J connectivity index is 1.65. The van der Waals surface area contributed by atoms with E-state index < -0.39 is 6.10 Å². The first-order chi connectivity index (χ1) is 11.6. The van der Waals surface area contributed by atoms with Crippen LogP contribution in [0.1, 0.15) is 27.8 Å². The summed E-state index contributed by atoms with van der Waals surface area (Å²) in [6.45, 7) is 2.18. The zero-order valence-corrected chi connectivity index (χ0v) is 13.3. The number of aromatic nitrogens is 3. The van der Waals surface area contributed by atoms with Crippen molar-refractivity contribution in [2.45, 2.75) is 19.6 Å². The van der Waals surface area contributed by atoms with Crippen LogP contribution >= 0.6 is 0 Å². The summed E-state index contributed by atoms with van der Waals surface area (Å²) >= 11 is 0. The summed E-state index contributed by atoms with van der Waals surface area (Å²) in [6, 6.07) is 16.8. The van der Waals surface area contributed by atoms with E-state index in [1.165, 1.54) is 11.0 Å². The Morgan fingerprint density at radius 3 is 2.75 bits per heavy atom. The first-order valence-corrected chi connectivity index (χ1v) is 7.62. The average molecular weight is 322 g/mol. The van der Waals surface area contributed by atoms with Crippen LogP contribution in [0.3, 0.4) is 0 Å². The lowest BCUT2D eigenvalue weighted by Gasteiger charge is -2.10. The second kappa shape index (κ2) is 7.06. The van der Waals surface area contributed by atoms with Gasteiger partial charge >= 0.3 is 0 Å². The number of hydrogen-bond acceptors (Lipinski definition) is 4. The molecule has 1 amide bonds. The fraction of sp³-hybridized carbons (Fsp3) is 0.167. The summed E-state index contributed by atoms with van der Waals surface area (Å²) < 4.78 is 1.46. The fourth-order valence-electron chi connectivity index (χ4n) is 2.35. The highest BCUT2D eigenvalue weighted by Crippen LogP contribution is 2.14. The van der Waals surface area contributed by atoms with Gasteiger partial charge in [0.05, 0.1) is 12.6 Å². The molecular formula is C18H18N4O2. The van der Waals surface area contributed by atoms with Crippen LogP contribution in [0, 0.1) is 6.92 Å². The number of nitrogens with one attached hydrogen (secondary N) is 1. The van der Waals surface area contributed by atoms with Crippen LogP contribution in [0.15, 0.2) is 60.9 Å². The molecule has 0 radical (unpaired) electrons. The molecule has 0 saturated carbocycles. The summed E-state index contributed by atoms with van der Waals surface area (Å²) in [5.74, 6) is -0.315. The SMILES string of the molecule is Cc1cccc(NC(=O)c2ncn(C[C@@H](O)c3ccccc3)n2)c1. The van der Waals surface area contributed by atoms with Crippen LogP contribution in [0.25, 0.3) is 0 Å². The number of benzene rings is 2. The summed E-state index contributed by atoms with van der Waals surface area (Å²) in [6.07, 6.45) is 0.734. The van der Waals surface area contributed by atoms with E-state index in [1.54, 1.807) is 6.07 Å². The molecule has 0 bridgehead atoms. The molecule has 1 heterocycles. The minimum Gasteiger partial charge on any atom is -0.386 e. The molecule has 6 heteroatoms. The maximum Gasteiger partial charge on any atom is 0.295 e. The Morgan fingerprint density at radius 1 is 1.21 bits per heavy atom. The van der Waals surface area contributed by atoms with Gasteiger partial charge in [0.2, 0.25) is 5.82 Å². The monoisotopic (exact) mass is 322 g/mol. The third-order valence-electron chi connectivity index (χ3n) is 3.56. The molecule has 3 rings (SSSR count). The van der Waals surface area contributed by atoms with Crippen LogP contribution < -0.4 is 5.32 Å². The van der Waals surface area contributed by atoms with Crippen LogP contribution in [0.5, 0.6) is 0 Å². The minimum absolute atomic E-state index is 0.0665. The number of hydrogen-bond donors (Lipinski definition) is 2. The zero-order chi connectivity index (χ0) is 16.9. The zero-order valence-electron chi connectivity index (χ0n) is 13.3. The van der Waals surface area contributed by atoms with Crippen LogP contribution in [-0.2, 0) is 6.54 Å². The van der Waals surface area contributed by atoms with Crippen molar-refractivity contribution >= 4 is 11.6 Å². The fourth-order valence-corrected chi connectivity index (χ4v) is 2.35. The lowest BCUT2D eigenvalue weighted by molar-refractivity contribution is 0.101. The van der Waals surface area contributed by atoms with Crippen LogP contribution in [0.4, 0.5) is 5.69 Å². The predicted molar refractivity (Wildman–Crippen MR) is 90.6 cm³/mol. The van der Waals surface area contributed by atoms with Crippen LogP contribution in [0.2, 0.25) is 0 Å². The molecule has 0 unspecified atom stereocenters. The molecule has 0 saturated heterocycles. The summed E-state index contributed by atoms with van der Waals surface area (Å²) in [4.78, 5) is 16.2. The quantitative estimate of drug-likeness (QED) is 0.756. The van der Waals surface area contributed by atoms with Crippen molar-refractivity contribution in [3.8, 4) is 0 Å². The Hall–Kier alpha value is -2.99. The Labute approximate surface area is 139 Å². The van der Waals surface area contributed by atoms with Gasteiger partial charge in [0.25, 0.3) is 5.91 Å². The van der Waals surface area contributed by atoms with E-state index in [4.69, 9.17) is 0 Å². The second-order valence-corrected chi connectivity index (χ2v) is 5.54. The van der Waals surface area contributed by atoms with Gasteiger partial charge in [0.15, 0.2) is 0 Å². The van der Waals surface area contributed by atoms with Crippen LogP contribution in [-0.4, -0.2) is 25.8 Å². The second-order valence-electron chi connectivity index (χ2n) is 5.54. The molecule has 1 atom stereocenters. The topological polar surface area (TPSA) is 80.0 Å². The molecular weight excluding hydrogens is 304 g/mol. The Bertz CT molecular complexity index is 830. The summed E-state index contributed by atoms with van der Waals surface area (Å²) in [5, 5.41) is 17.1. The predicted octanol–water partition coefficient (Wildman–Crippen LogP) is 2.57. The van der Waals surface area contributed by atoms with E-state index >= 15 is 0 Å². The number of carbonyl (C=O) groups excluding carboxylic acids is 1. The number of anilines is 1. The van der Waals surface area contributed by atoms with Gasteiger partial charge in [-0.05, 0) is 30.2 Å². The molecule has 122 valence electrons. The lowest BCUT2D eigenvalue weighted by Crippen LogP contribution is -2.15. The van der Waals surface area contributed by atoms with Crippen molar-refractivity contribution < 1.29 is 9.90 Å². The third kappa shape index (κ3) is 3.85. The third-order valence-corrected chi connectivity index (χ3v) is 3.56. The highest BCUT2D eigenvalue weighted by atomic mass is 16.3. The van der Waals surface area contributed by atoms with E-state index in [-0.39, 0.29) is 18.3 Å². The van der Waals surface area contributed by atoms with E-state index in [0.717, 1.165) is 11.1 Å². The van der Waals surface area contributed by atoms with Gasteiger partial charge in [0, 0.05) is 5.69 Å².